The fourth-order valence-electron chi connectivity index (χ4n) is 1.32. The molecule has 1 fully saturated rings. The van der Waals surface area contributed by atoms with Crippen molar-refractivity contribution in [3.63, 3.8) is 0 Å². The minimum atomic E-state index is -4.57. The second kappa shape index (κ2) is 3.23. The standard InChI is InChI=1S/C9H10F3N3O/c1-8(2-3-8)14-7(16)6-5(4-13-15-6)9(10,11)12/h4H,2-3H2,1H3,(H,13,15)(H,14,16). The van der Waals surface area contributed by atoms with Gasteiger partial charge in [-0.3, -0.25) is 9.89 Å². The normalized spacial score (nSPS) is 18.2. The van der Waals surface area contributed by atoms with Crippen LogP contribution in [0, 0.1) is 0 Å². The molecule has 1 heterocycles. The number of carbonyl (C=O) groups excluding carboxylic acids is 1. The van der Waals surface area contributed by atoms with Crippen LogP contribution in [0.3, 0.4) is 0 Å². The van der Waals surface area contributed by atoms with E-state index >= 15 is 0 Å². The fraction of sp³-hybridized carbons (Fsp3) is 0.556. The van der Waals surface area contributed by atoms with E-state index in [1.54, 1.807) is 6.92 Å². The molecule has 0 aliphatic heterocycles. The van der Waals surface area contributed by atoms with Crippen molar-refractivity contribution in [1.82, 2.24) is 15.5 Å². The van der Waals surface area contributed by atoms with E-state index in [0.29, 0.717) is 6.20 Å². The van der Waals surface area contributed by atoms with Crippen molar-refractivity contribution in [3.05, 3.63) is 17.5 Å². The average Bonchev–Trinajstić information content (AvgIpc) is 2.68. The molecule has 4 nitrogen and oxygen atoms in total. The first-order valence-corrected chi connectivity index (χ1v) is 4.75. The minimum Gasteiger partial charge on any atom is -0.346 e. The number of halogens is 3. The van der Waals surface area contributed by atoms with E-state index in [0.717, 1.165) is 12.8 Å². The number of amides is 1. The molecule has 1 saturated carbocycles. The van der Waals surface area contributed by atoms with E-state index < -0.39 is 23.3 Å². The number of H-pyrrole nitrogens is 1. The van der Waals surface area contributed by atoms with Gasteiger partial charge in [-0.2, -0.15) is 18.3 Å². The van der Waals surface area contributed by atoms with E-state index in [1.807, 2.05) is 0 Å². The molecule has 0 bridgehead atoms. The molecule has 16 heavy (non-hydrogen) atoms. The minimum absolute atomic E-state index is 0.356. The monoisotopic (exact) mass is 233 g/mol. The zero-order valence-corrected chi connectivity index (χ0v) is 8.48. The quantitative estimate of drug-likeness (QED) is 0.816. The van der Waals surface area contributed by atoms with Crippen LogP contribution in [0.4, 0.5) is 13.2 Å². The Balaban J connectivity index is 2.20. The highest BCUT2D eigenvalue weighted by atomic mass is 19.4. The summed E-state index contributed by atoms with van der Waals surface area (Å²) in [7, 11) is 0. The Bertz CT molecular complexity index is 420. The highest BCUT2D eigenvalue weighted by Gasteiger charge is 2.42. The van der Waals surface area contributed by atoms with Gasteiger partial charge in [-0.1, -0.05) is 0 Å². The highest BCUT2D eigenvalue weighted by molar-refractivity contribution is 5.94. The number of aromatic nitrogens is 2. The molecule has 0 atom stereocenters. The third kappa shape index (κ3) is 2.02. The van der Waals surface area contributed by atoms with Gasteiger partial charge < -0.3 is 5.32 Å². The molecule has 2 rings (SSSR count). The van der Waals surface area contributed by atoms with Crippen molar-refractivity contribution >= 4 is 5.91 Å². The molecule has 1 aliphatic carbocycles. The summed E-state index contributed by atoms with van der Waals surface area (Å²) in [6.45, 7) is 1.79. The Morgan fingerprint density at radius 1 is 1.56 bits per heavy atom. The lowest BCUT2D eigenvalue weighted by atomic mass is 10.2. The number of nitrogens with one attached hydrogen (secondary N) is 2. The Morgan fingerprint density at radius 3 is 2.69 bits per heavy atom. The number of alkyl halides is 3. The zero-order valence-electron chi connectivity index (χ0n) is 8.48. The Morgan fingerprint density at radius 2 is 2.19 bits per heavy atom. The summed E-state index contributed by atoms with van der Waals surface area (Å²) < 4.78 is 37.4. The van der Waals surface area contributed by atoms with Gasteiger partial charge >= 0.3 is 6.18 Å². The van der Waals surface area contributed by atoms with Gasteiger partial charge in [-0.05, 0) is 19.8 Å². The molecule has 0 saturated heterocycles. The van der Waals surface area contributed by atoms with Crippen LogP contribution in [-0.4, -0.2) is 21.6 Å². The maximum absolute atomic E-state index is 12.5. The third-order valence-corrected chi connectivity index (χ3v) is 2.59. The predicted molar refractivity (Wildman–Crippen MR) is 48.7 cm³/mol. The summed E-state index contributed by atoms with van der Waals surface area (Å²) in [5.41, 5.74) is -1.92. The van der Waals surface area contributed by atoms with Crippen molar-refractivity contribution in [2.24, 2.45) is 0 Å². The largest absolute Gasteiger partial charge is 0.420 e. The first kappa shape index (κ1) is 11.0. The SMILES string of the molecule is CC1(NC(=O)c2[nH]ncc2C(F)(F)F)CC1. The Kier molecular flexibility index (Phi) is 2.21. The second-order valence-electron chi connectivity index (χ2n) is 4.17. The van der Waals surface area contributed by atoms with E-state index in [-0.39, 0.29) is 5.54 Å². The summed E-state index contributed by atoms with van der Waals surface area (Å²) >= 11 is 0. The van der Waals surface area contributed by atoms with E-state index in [9.17, 15) is 18.0 Å². The summed E-state index contributed by atoms with van der Waals surface area (Å²) in [4.78, 5) is 11.5. The van der Waals surface area contributed by atoms with Gasteiger partial charge in [-0.25, -0.2) is 0 Å². The van der Waals surface area contributed by atoms with Crippen LogP contribution >= 0.6 is 0 Å². The van der Waals surface area contributed by atoms with Crippen LogP contribution in [0.1, 0.15) is 35.8 Å². The number of carbonyl (C=O) groups is 1. The van der Waals surface area contributed by atoms with Crippen LogP contribution in [-0.2, 0) is 6.18 Å². The maximum Gasteiger partial charge on any atom is 0.420 e. The van der Waals surface area contributed by atoms with Crippen LogP contribution in [0.5, 0.6) is 0 Å². The summed E-state index contributed by atoms with van der Waals surface area (Å²) in [6, 6.07) is 0. The number of hydrogen-bond acceptors (Lipinski definition) is 2. The van der Waals surface area contributed by atoms with E-state index in [1.165, 1.54) is 0 Å². The van der Waals surface area contributed by atoms with Gasteiger partial charge in [0.25, 0.3) is 5.91 Å². The van der Waals surface area contributed by atoms with Gasteiger partial charge in [0.15, 0.2) is 0 Å². The van der Waals surface area contributed by atoms with E-state index in [4.69, 9.17) is 0 Å². The first-order valence-electron chi connectivity index (χ1n) is 4.75. The Labute approximate surface area is 89.2 Å². The molecule has 1 aromatic rings. The van der Waals surface area contributed by atoms with Crippen LogP contribution < -0.4 is 5.32 Å². The highest BCUT2D eigenvalue weighted by Crippen LogP contribution is 2.35. The van der Waals surface area contributed by atoms with Crippen molar-refractivity contribution < 1.29 is 18.0 Å². The zero-order chi connectivity index (χ0) is 12.0. The smallest absolute Gasteiger partial charge is 0.346 e. The molecular weight excluding hydrogens is 223 g/mol. The molecule has 1 amide bonds. The average molecular weight is 233 g/mol. The van der Waals surface area contributed by atoms with Gasteiger partial charge in [0.05, 0.1) is 6.20 Å². The maximum atomic E-state index is 12.5. The van der Waals surface area contributed by atoms with Gasteiger partial charge in [0.1, 0.15) is 11.3 Å². The molecule has 0 spiro atoms. The van der Waals surface area contributed by atoms with Gasteiger partial charge in [-0.15, -0.1) is 0 Å². The summed E-state index contributed by atoms with van der Waals surface area (Å²) in [5, 5.41) is 7.87. The topological polar surface area (TPSA) is 57.8 Å². The van der Waals surface area contributed by atoms with E-state index in [2.05, 4.69) is 15.5 Å². The van der Waals surface area contributed by atoms with Crippen molar-refractivity contribution in [1.29, 1.82) is 0 Å². The van der Waals surface area contributed by atoms with Crippen molar-refractivity contribution in [3.8, 4) is 0 Å². The van der Waals surface area contributed by atoms with Crippen LogP contribution in [0.25, 0.3) is 0 Å². The molecule has 1 aliphatic rings. The lowest BCUT2D eigenvalue weighted by Gasteiger charge is -2.12. The molecule has 7 heteroatoms. The predicted octanol–water partition coefficient (Wildman–Crippen LogP) is 1.71. The molecule has 2 N–H and O–H groups in total. The number of rotatable bonds is 2. The lowest BCUT2D eigenvalue weighted by Crippen LogP contribution is -2.35. The molecule has 0 unspecified atom stereocenters. The molecule has 0 aromatic carbocycles. The second-order valence-corrected chi connectivity index (χ2v) is 4.17. The molecular formula is C9H10F3N3O. The number of aromatic amines is 1. The van der Waals surface area contributed by atoms with Crippen molar-refractivity contribution in [2.75, 3.05) is 0 Å². The summed E-state index contributed by atoms with van der Waals surface area (Å²) in [6.07, 6.45) is -2.38. The molecule has 1 aromatic heterocycles. The van der Waals surface area contributed by atoms with Crippen LogP contribution in [0.15, 0.2) is 6.20 Å². The molecule has 88 valence electrons. The lowest BCUT2D eigenvalue weighted by molar-refractivity contribution is -0.137. The first-order chi connectivity index (χ1) is 7.32. The third-order valence-electron chi connectivity index (χ3n) is 2.59. The number of hydrogen-bond donors (Lipinski definition) is 2. The number of nitrogens with zero attached hydrogens (tertiary/aromatic N) is 1. The molecule has 0 radical (unpaired) electrons. The fourth-order valence-corrected chi connectivity index (χ4v) is 1.32. The Hall–Kier alpha value is -1.53. The summed E-state index contributed by atoms with van der Waals surface area (Å²) in [5.74, 6) is -0.759. The van der Waals surface area contributed by atoms with Gasteiger partial charge in [0, 0.05) is 5.54 Å². The van der Waals surface area contributed by atoms with Gasteiger partial charge in [0.2, 0.25) is 0 Å². The van der Waals surface area contributed by atoms with Crippen LogP contribution in [0.2, 0.25) is 0 Å². The van der Waals surface area contributed by atoms with Crippen molar-refractivity contribution in [2.45, 2.75) is 31.5 Å².